The van der Waals surface area contributed by atoms with Gasteiger partial charge in [0, 0.05) is 31.2 Å². The molecule has 20 heavy (non-hydrogen) atoms. The van der Waals surface area contributed by atoms with Gasteiger partial charge in [-0.3, -0.25) is 4.79 Å². The molecular weight excluding hydrogens is 258 g/mol. The molecule has 0 spiro atoms. The van der Waals surface area contributed by atoms with Crippen LogP contribution in [0.1, 0.15) is 30.6 Å². The van der Waals surface area contributed by atoms with Crippen LogP contribution in [0.25, 0.3) is 0 Å². The number of esters is 1. The van der Waals surface area contributed by atoms with Crippen molar-refractivity contribution in [1.82, 2.24) is 0 Å². The molecule has 0 saturated carbocycles. The zero-order chi connectivity index (χ0) is 14.7. The minimum atomic E-state index is -0.368. The Balaban J connectivity index is 2.09. The molecule has 0 radical (unpaired) electrons. The van der Waals surface area contributed by atoms with Crippen LogP contribution < -0.4 is 4.90 Å². The molecule has 0 aromatic heterocycles. The van der Waals surface area contributed by atoms with Crippen LogP contribution in [-0.4, -0.2) is 36.2 Å². The lowest BCUT2D eigenvalue weighted by Crippen LogP contribution is -2.24. The van der Waals surface area contributed by atoms with Gasteiger partial charge in [-0.15, -0.1) is 0 Å². The largest absolute Gasteiger partial charge is 0.459 e. The third kappa shape index (κ3) is 3.17. The van der Waals surface area contributed by atoms with Crippen molar-refractivity contribution in [1.29, 1.82) is 0 Å². The smallest absolute Gasteiger partial charge is 0.338 e. The lowest BCUT2D eigenvalue weighted by Gasteiger charge is -2.17. The van der Waals surface area contributed by atoms with Crippen molar-refractivity contribution < 1.29 is 19.4 Å². The number of benzene rings is 1. The van der Waals surface area contributed by atoms with Crippen LogP contribution in [0.4, 0.5) is 5.69 Å². The molecule has 2 rings (SSSR count). The third-order valence-corrected chi connectivity index (χ3v) is 3.22. The predicted octanol–water partition coefficient (Wildman–Crippen LogP) is 1.60. The number of hydrogen-bond donors (Lipinski definition) is 1. The highest BCUT2D eigenvalue weighted by Gasteiger charge is 2.30. The maximum Gasteiger partial charge on any atom is 0.338 e. The Labute approximate surface area is 118 Å². The summed E-state index contributed by atoms with van der Waals surface area (Å²) in [4.78, 5) is 25.2. The van der Waals surface area contributed by atoms with Crippen molar-refractivity contribution in [3.63, 3.8) is 0 Å². The average Bonchev–Trinajstić information content (AvgIpc) is 2.79. The molecule has 108 valence electrons. The highest BCUT2D eigenvalue weighted by Crippen LogP contribution is 2.25. The van der Waals surface area contributed by atoms with Gasteiger partial charge in [0.25, 0.3) is 0 Å². The number of amides is 1. The van der Waals surface area contributed by atoms with Crippen molar-refractivity contribution in [2.24, 2.45) is 5.92 Å². The second-order valence-electron chi connectivity index (χ2n) is 5.26. The lowest BCUT2D eigenvalue weighted by atomic mass is 10.1. The Kier molecular flexibility index (Phi) is 4.39. The minimum Gasteiger partial charge on any atom is -0.459 e. The standard InChI is InChI=1S/C15H19NO4/c1-10(2)20-15(19)12-3-5-13(6-4-12)16-8-11(9-17)7-14(16)18/h3-6,10-11,17H,7-9H2,1-2H3. The highest BCUT2D eigenvalue weighted by molar-refractivity contribution is 5.96. The Morgan fingerprint density at radius 1 is 1.40 bits per heavy atom. The van der Waals surface area contributed by atoms with E-state index in [9.17, 15) is 9.59 Å². The molecule has 1 aromatic rings. The van der Waals surface area contributed by atoms with Gasteiger partial charge in [-0.1, -0.05) is 0 Å². The molecule has 0 aliphatic carbocycles. The summed E-state index contributed by atoms with van der Waals surface area (Å²) in [7, 11) is 0. The van der Waals surface area contributed by atoms with Crippen LogP contribution in [0.5, 0.6) is 0 Å². The van der Waals surface area contributed by atoms with Crippen molar-refractivity contribution in [3.8, 4) is 0 Å². The van der Waals surface area contributed by atoms with E-state index in [0.29, 0.717) is 18.5 Å². The Hall–Kier alpha value is -1.88. The van der Waals surface area contributed by atoms with E-state index in [4.69, 9.17) is 9.84 Å². The van der Waals surface area contributed by atoms with E-state index in [1.807, 2.05) is 0 Å². The number of rotatable bonds is 4. The second kappa shape index (κ2) is 6.05. The first-order valence-corrected chi connectivity index (χ1v) is 6.73. The van der Waals surface area contributed by atoms with E-state index in [0.717, 1.165) is 5.69 Å². The second-order valence-corrected chi connectivity index (χ2v) is 5.26. The van der Waals surface area contributed by atoms with E-state index in [2.05, 4.69) is 0 Å². The topological polar surface area (TPSA) is 66.8 Å². The molecule has 0 bridgehead atoms. The van der Waals surface area contributed by atoms with Gasteiger partial charge < -0.3 is 14.7 Å². The van der Waals surface area contributed by atoms with Gasteiger partial charge in [0.2, 0.25) is 5.91 Å². The normalized spacial score (nSPS) is 18.7. The molecule has 1 aromatic carbocycles. The van der Waals surface area contributed by atoms with E-state index in [1.54, 1.807) is 43.0 Å². The number of aliphatic hydroxyl groups excluding tert-OH is 1. The Morgan fingerprint density at radius 2 is 2.05 bits per heavy atom. The van der Waals surface area contributed by atoms with Crippen LogP contribution in [0.2, 0.25) is 0 Å². The van der Waals surface area contributed by atoms with Gasteiger partial charge in [0.05, 0.1) is 11.7 Å². The summed E-state index contributed by atoms with van der Waals surface area (Å²) in [6.07, 6.45) is 0.209. The monoisotopic (exact) mass is 277 g/mol. The summed E-state index contributed by atoms with van der Waals surface area (Å²) in [6.45, 7) is 4.13. The number of carbonyl (C=O) groups is 2. The van der Waals surface area contributed by atoms with Gasteiger partial charge in [-0.05, 0) is 38.1 Å². The zero-order valence-corrected chi connectivity index (χ0v) is 11.7. The SMILES string of the molecule is CC(C)OC(=O)c1ccc(N2CC(CO)CC2=O)cc1. The number of nitrogens with zero attached hydrogens (tertiary/aromatic N) is 1. The summed E-state index contributed by atoms with van der Waals surface area (Å²) in [6, 6.07) is 6.77. The summed E-state index contributed by atoms with van der Waals surface area (Å²) in [5, 5.41) is 9.11. The van der Waals surface area contributed by atoms with Gasteiger partial charge >= 0.3 is 5.97 Å². The molecule has 1 amide bonds. The molecular formula is C15H19NO4. The maximum absolute atomic E-state index is 11.8. The van der Waals surface area contributed by atoms with Crippen molar-refractivity contribution in [3.05, 3.63) is 29.8 Å². The lowest BCUT2D eigenvalue weighted by molar-refractivity contribution is -0.117. The van der Waals surface area contributed by atoms with Crippen LogP contribution in [-0.2, 0) is 9.53 Å². The number of carbonyl (C=O) groups excluding carboxylic acids is 2. The van der Waals surface area contributed by atoms with Gasteiger partial charge in [0.15, 0.2) is 0 Å². The van der Waals surface area contributed by atoms with E-state index < -0.39 is 0 Å². The average molecular weight is 277 g/mol. The summed E-state index contributed by atoms with van der Waals surface area (Å²) in [5.41, 5.74) is 1.21. The number of ether oxygens (including phenoxy) is 1. The van der Waals surface area contributed by atoms with Crippen LogP contribution >= 0.6 is 0 Å². The summed E-state index contributed by atoms with van der Waals surface area (Å²) >= 11 is 0. The first-order valence-electron chi connectivity index (χ1n) is 6.73. The maximum atomic E-state index is 11.8. The quantitative estimate of drug-likeness (QED) is 0.849. The molecule has 1 fully saturated rings. The fourth-order valence-corrected chi connectivity index (χ4v) is 2.21. The van der Waals surface area contributed by atoms with Crippen LogP contribution in [0.3, 0.4) is 0 Å². The fraction of sp³-hybridized carbons (Fsp3) is 0.467. The van der Waals surface area contributed by atoms with Gasteiger partial charge in [-0.25, -0.2) is 4.79 Å². The predicted molar refractivity (Wildman–Crippen MR) is 74.5 cm³/mol. The molecule has 1 saturated heterocycles. The zero-order valence-electron chi connectivity index (χ0n) is 11.7. The van der Waals surface area contributed by atoms with E-state index in [-0.39, 0.29) is 30.5 Å². The van der Waals surface area contributed by atoms with Crippen molar-refractivity contribution >= 4 is 17.6 Å². The minimum absolute atomic E-state index is 0.00144. The summed E-state index contributed by atoms with van der Waals surface area (Å²) in [5.74, 6) is -0.373. The first kappa shape index (κ1) is 14.5. The number of aliphatic hydroxyl groups is 1. The molecule has 1 atom stereocenters. The van der Waals surface area contributed by atoms with Gasteiger partial charge in [-0.2, -0.15) is 0 Å². The Bertz CT molecular complexity index is 495. The molecule has 1 unspecified atom stereocenters. The third-order valence-electron chi connectivity index (χ3n) is 3.22. The molecule has 5 nitrogen and oxygen atoms in total. The van der Waals surface area contributed by atoms with Crippen LogP contribution in [0, 0.1) is 5.92 Å². The highest BCUT2D eigenvalue weighted by atomic mass is 16.5. The summed E-state index contributed by atoms with van der Waals surface area (Å²) < 4.78 is 5.10. The van der Waals surface area contributed by atoms with E-state index >= 15 is 0 Å². The molecule has 1 aliphatic heterocycles. The first-order chi connectivity index (χ1) is 9.51. The fourth-order valence-electron chi connectivity index (χ4n) is 2.21. The van der Waals surface area contributed by atoms with Crippen molar-refractivity contribution in [2.45, 2.75) is 26.4 Å². The van der Waals surface area contributed by atoms with Crippen LogP contribution in [0.15, 0.2) is 24.3 Å². The van der Waals surface area contributed by atoms with Crippen molar-refractivity contribution in [2.75, 3.05) is 18.1 Å². The molecule has 1 heterocycles. The molecule has 1 aliphatic rings. The number of anilines is 1. The number of hydrogen-bond acceptors (Lipinski definition) is 4. The van der Waals surface area contributed by atoms with E-state index in [1.165, 1.54) is 0 Å². The molecule has 1 N–H and O–H groups in total. The molecule has 5 heteroatoms. The van der Waals surface area contributed by atoms with Gasteiger partial charge in [0.1, 0.15) is 0 Å². The Morgan fingerprint density at radius 3 is 2.55 bits per heavy atom.